The number of allylic oxidation sites excluding steroid dienone is 2. The molecule has 70 valence electrons. The third-order valence-electron chi connectivity index (χ3n) is 1.93. The van der Waals surface area contributed by atoms with Gasteiger partial charge in [-0.3, -0.25) is 9.59 Å². The van der Waals surface area contributed by atoms with Gasteiger partial charge >= 0.3 is 0 Å². The van der Waals surface area contributed by atoms with Crippen LogP contribution in [0.4, 0.5) is 0 Å². The zero-order valence-electron chi connectivity index (χ0n) is 7.63. The number of carbonyl (C=O) groups excluding carboxylic acids is 2. The van der Waals surface area contributed by atoms with Gasteiger partial charge in [0.2, 0.25) is 11.8 Å². The Kier molecular flexibility index (Phi) is 2.84. The van der Waals surface area contributed by atoms with Gasteiger partial charge < -0.3 is 10.6 Å². The monoisotopic (exact) mass is 180 g/mol. The number of carbonyl (C=O) groups is 2. The zero-order chi connectivity index (χ0) is 9.84. The van der Waals surface area contributed by atoms with Crippen molar-refractivity contribution in [3.05, 3.63) is 23.8 Å². The predicted molar refractivity (Wildman–Crippen MR) is 48.8 cm³/mol. The first kappa shape index (κ1) is 9.51. The maximum atomic E-state index is 11.3. The van der Waals surface area contributed by atoms with Gasteiger partial charge in [0, 0.05) is 19.7 Å². The van der Waals surface area contributed by atoms with Crippen LogP contribution in [0.3, 0.4) is 0 Å². The SMILES string of the molecule is CNC(=O)C1=CC=CC1C(=O)NC. The van der Waals surface area contributed by atoms with E-state index in [1.54, 1.807) is 32.3 Å². The number of hydrogen-bond donors (Lipinski definition) is 2. The van der Waals surface area contributed by atoms with Gasteiger partial charge in [0.25, 0.3) is 0 Å². The van der Waals surface area contributed by atoms with Crippen molar-refractivity contribution < 1.29 is 9.59 Å². The van der Waals surface area contributed by atoms with Crippen LogP contribution in [0.15, 0.2) is 23.8 Å². The fourth-order valence-corrected chi connectivity index (χ4v) is 1.22. The first-order valence-electron chi connectivity index (χ1n) is 4.02. The van der Waals surface area contributed by atoms with Crippen LogP contribution in [0.25, 0.3) is 0 Å². The summed E-state index contributed by atoms with van der Waals surface area (Å²) in [5.74, 6) is -0.813. The molecule has 4 nitrogen and oxygen atoms in total. The normalized spacial score (nSPS) is 19.5. The van der Waals surface area contributed by atoms with Gasteiger partial charge in [-0.1, -0.05) is 18.2 Å². The number of nitrogens with one attached hydrogen (secondary N) is 2. The molecule has 1 rings (SSSR count). The fourth-order valence-electron chi connectivity index (χ4n) is 1.22. The van der Waals surface area contributed by atoms with Crippen LogP contribution in [0.5, 0.6) is 0 Å². The molecule has 0 aromatic heterocycles. The second-order valence-electron chi connectivity index (χ2n) is 2.68. The van der Waals surface area contributed by atoms with Crippen LogP contribution in [0, 0.1) is 5.92 Å². The van der Waals surface area contributed by atoms with E-state index in [-0.39, 0.29) is 11.8 Å². The largest absolute Gasteiger partial charge is 0.358 e. The van der Waals surface area contributed by atoms with Crippen LogP contribution in [0.1, 0.15) is 0 Å². The summed E-state index contributed by atoms with van der Waals surface area (Å²) in [6, 6.07) is 0. The van der Waals surface area contributed by atoms with Crippen molar-refractivity contribution in [3.63, 3.8) is 0 Å². The van der Waals surface area contributed by atoms with Crippen molar-refractivity contribution in [2.24, 2.45) is 5.92 Å². The second kappa shape index (κ2) is 3.89. The average Bonchev–Trinajstić information content (AvgIpc) is 2.63. The molecule has 2 N–H and O–H groups in total. The molecule has 0 fully saturated rings. The van der Waals surface area contributed by atoms with Crippen molar-refractivity contribution in [3.8, 4) is 0 Å². The number of rotatable bonds is 2. The minimum atomic E-state index is -0.440. The quantitative estimate of drug-likeness (QED) is 0.607. The lowest BCUT2D eigenvalue weighted by molar-refractivity contribution is -0.124. The lowest BCUT2D eigenvalue weighted by atomic mass is 10.0. The van der Waals surface area contributed by atoms with Gasteiger partial charge in [-0.15, -0.1) is 0 Å². The summed E-state index contributed by atoms with van der Waals surface area (Å²) in [4.78, 5) is 22.5. The van der Waals surface area contributed by atoms with Crippen LogP contribution in [0.2, 0.25) is 0 Å². The van der Waals surface area contributed by atoms with Gasteiger partial charge in [-0.2, -0.15) is 0 Å². The lowest BCUT2D eigenvalue weighted by Crippen LogP contribution is -2.32. The van der Waals surface area contributed by atoms with Crippen molar-refractivity contribution in [1.82, 2.24) is 10.6 Å². The first-order valence-corrected chi connectivity index (χ1v) is 4.02. The molecule has 0 heterocycles. The summed E-state index contributed by atoms with van der Waals surface area (Å²) < 4.78 is 0. The molecule has 13 heavy (non-hydrogen) atoms. The highest BCUT2D eigenvalue weighted by Crippen LogP contribution is 2.19. The standard InChI is InChI=1S/C9H12N2O2/c1-10-8(12)6-4-3-5-7(6)9(13)11-2/h3-6H,1-2H3,(H,10,12)(H,11,13). The Hall–Kier alpha value is -1.58. The molecule has 1 aliphatic carbocycles. The number of likely N-dealkylation sites (N-methyl/N-ethyl adjacent to an activating group) is 1. The summed E-state index contributed by atoms with van der Waals surface area (Å²) in [6.07, 6.45) is 5.06. The second-order valence-corrected chi connectivity index (χ2v) is 2.68. The van der Waals surface area contributed by atoms with Crippen LogP contribution < -0.4 is 10.6 Å². The van der Waals surface area contributed by atoms with Gasteiger partial charge in [-0.25, -0.2) is 0 Å². The summed E-state index contributed by atoms with van der Waals surface area (Å²) in [5.41, 5.74) is 0.488. The van der Waals surface area contributed by atoms with Crippen molar-refractivity contribution in [2.75, 3.05) is 14.1 Å². The Morgan fingerprint density at radius 1 is 1.31 bits per heavy atom. The molecular weight excluding hydrogens is 168 g/mol. The van der Waals surface area contributed by atoms with E-state index in [1.807, 2.05) is 0 Å². The van der Waals surface area contributed by atoms with Crippen LogP contribution >= 0.6 is 0 Å². The Labute approximate surface area is 76.7 Å². The first-order chi connectivity index (χ1) is 6.20. The molecular formula is C9H12N2O2. The lowest BCUT2D eigenvalue weighted by Gasteiger charge is -2.10. The molecule has 0 aliphatic heterocycles. The highest BCUT2D eigenvalue weighted by molar-refractivity contribution is 6.02. The molecule has 1 unspecified atom stereocenters. The van der Waals surface area contributed by atoms with Crippen molar-refractivity contribution in [2.45, 2.75) is 0 Å². The van der Waals surface area contributed by atoms with E-state index in [9.17, 15) is 9.59 Å². The molecule has 0 aromatic carbocycles. The van der Waals surface area contributed by atoms with E-state index < -0.39 is 5.92 Å². The molecule has 4 heteroatoms. The number of amides is 2. The summed E-state index contributed by atoms with van der Waals surface area (Å²) >= 11 is 0. The summed E-state index contributed by atoms with van der Waals surface area (Å²) in [5, 5.41) is 4.99. The molecule has 2 amide bonds. The predicted octanol–water partition coefficient (Wildman–Crippen LogP) is -0.409. The van der Waals surface area contributed by atoms with E-state index in [0.717, 1.165) is 0 Å². The molecule has 1 aliphatic rings. The topological polar surface area (TPSA) is 58.2 Å². The van der Waals surface area contributed by atoms with E-state index in [1.165, 1.54) is 0 Å². The van der Waals surface area contributed by atoms with Gasteiger partial charge in [0.15, 0.2) is 0 Å². The smallest absolute Gasteiger partial charge is 0.248 e. The van der Waals surface area contributed by atoms with E-state index in [0.29, 0.717) is 5.57 Å². The van der Waals surface area contributed by atoms with Crippen molar-refractivity contribution >= 4 is 11.8 Å². The number of hydrogen-bond acceptors (Lipinski definition) is 2. The molecule has 0 radical (unpaired) electrons. The molecule has 1 atom stereocenters. The highest BCUT2D eigenvalue weighted by atomic mass is 16.2. The summed E-state index contributed by atoms with van der Waals surface area (Å²) in [6.45, 7) is 0. The highest BCUT2D eigenvalue weighted by Gasteiger charge is 2.25. The maximum Gasteiger partial charge on any atom is 0.248 e. The van der Waals surface area contributed by atoms with E-state index >= 15 is 0 Å². The van der Waals surface area contributed by atoms with Gasteiger partial charge in [-0.05, 0) is 0 Å². The molecule has 0 spiro atoms. The minimum absolute atomic E-state index is 0.163. The fraction of sp³-hybridized carbons (Fsp3) is 0.333. The van der Waals surface area contributed by atoms with Gasteiger partial charge in [0.05, 0.1) is 5.92 Å². The molecule has 0 saturated heterocycles. The molecule has 0 aromatic rings. The average molecular weight is 180 g/mol. The van der Waals surface area contributed by atoms with E-state index in [4.69, 9.17) is 0 Å². The Balaban J connectivity index is 2.78. The van der Waals surface area contributed by atoms with Crippen LogP contribution in [-0.4, -0.2) is 25.9 Å². The molecule has 0 saturated carbocycles. The van der Waals surface area contributed by atoms with Crippen LogP contribution in [-0.2, 0) is 9.59 Å². The zero-order valence-corrected chi connectivity index (χ0v) is 7.63. The van der Waals surface area contributed by atoms with Gasteiger partial charge in [0.1, 0.15) is 0 Å². The third kappa shape index (κ3) is 1.77. The minimum Gasteiger partial charge on any atom is -0.358 e. The summed E-state index contributed by atoms with van der Waals surface area (Å²) in [7, 11) is 3.10. The Morgan fingerprint density at radius 2 is 2.00 bits per heavy atom. The molecule has 0 bridgehead atoms. The Morgan fingerprint density at radius 3 is 2.54 bits per heavy atom. The third-order valence-corrected chi connectivity index (χ3v) is 1.93. The maximum absolute atomic E-state index is 11.3. The Bertz CT molecular complexity index is 292. The van der Waals surface area contributed by atoms with Crippen molar-refractivity contribution in [1.29, 1.82) is 0 Å². The van der Waals surface area contributed by atoms with E-state index in [2.05, 4.69) is 10.6 Å².